The minimum absolute atomic E-state index is 0.0452. The molecule has 33 heavy (non-hydrogen) atoms. The van der Waals surface area contributed by atoms with E-state index in [-0.39, 0.29) is 11.3 Å². The lowest BCUT2D eigenvalue weighted by Gasteiger charge is -2.44. The number of piperidine rings is 1. The van der Waals surface area contributed by atoms with Crippen molar-refractivity contribution in [3.05, 3.63) is 71.8 Å². The van der Waals surface area contributed by atoms with E-state index in [4.69, 9.17) is 0 Å². The molecule has 0 N–H and O–H groups in total. The Labute approximate surface area is 201 Å². The van der Waals surface area contributed by atoms with Crippen molar-refractivity contribution in [3.63, 3.8) is 0 Å². The minimum atomic E-state index is 0.0452. The molecule has 0 bridgehead atoms. The predicted molar refractivity (Wildman–Crippen MR) is 138 cm³/mol. The van der Waals surface area contributed by atoms with Crippen LogP contribution in [0.1, 0.15) is 63.9 Å². The van der Waals surface area contributed by atoms with Crippen molar-refractivity contribution in [1.82, 2.24) is 4.90 Å². The van der Waals surface area contributed by atoms with Crippen LogP contribution in [0, 0.1) is 11.3 Å². The lowest BCUT2D eigenvalue weighted by molar-refractivity contribution is -0.911. The van der Waals surface area contributed by atoms with Crippen LogP contribution in [0.3, 0.4) is 0 Å². The van der Waals surface area contributed by atoms with Crippen LogP contribution in [0.25, 0.3) is 0 Å². The first-order valence-corrected chi connectivity index (χ1v) is 13.0. The highest BCUT2D eigenvalue weighted by Gasteiger charge is 2.39. The maximum Gasteiger partial charge on any atom is 0.230 e. The maximum atomic E-state index is 13.8. The Morgan fingerprint density at radius 3 is 2.36 bits per heavy atom. The van der Waals surface area contributed by atoms with E-state index in [0.29, 0.717) is 17.9 Å². The van der Waals surface area contributed by atoms with Crippen molar-refractivity contribution >= 4 is 5.91 Å². The van der Waals surface area contributed by atoms with Gasteiger partial charge in [0.25, 0.3) is 0 Å². The summed E-state index contributed by atoms with van der Waals surface area (Å²) in [7, 11) is 4.74. The third-order valence-electron chi connectivity index (χ3n) is 8.16. The summed E-state index contributed by atoms with van der Waals surface area (Å²) in [6, 6.07) is 11.1. The normalized spacial score (nSPS) is 22.8. The van der Waals surface area contributed by atoms with Gasteiger partial charge in [-0.25, -0.2) is 0 Å². The van der Waals surface area contributed by atoms with Gasteiger partial charge in [-0.2, -0.15) is 0 Å². The summed E-state index contributed by atoms with van der Waals surface area (Å²) in [5.41, 5.74) is 2.73. The predicted octanol–water partition coefficient (Wildman–Crippen LogP) is 6.11. The zero-order valence-corrected chi connectivity index (χ0v) is 21.2. The van der Waals surface area contributed by atoms with E-state index in [1.165, 1.54) is 36.8 Å². The number of rotatable bonds is 6. The molecular formula is C30H43N2O+. The summed E-state index contributed by atoms with van der Waals surface area (Å²) in [4.78, 5) is 15.9. The summed E-state index contributed by atoms with van der Waals surface area (Å²) < 4.78 is 0.985. The molecule has 178 valence electrons. The number of hydrogen-bond donors (Lipinski definition) is 0. The fraction of sp³-hybridized carbons (Fsp3) is 0.567. The van der Waals surface area contributed by atoms with Crippen LogP contribution in [-0.2, 0) is 4.79 Å². The average molecular weight is 448 g/mol. The molecule has 1 aromatic carbocycles. The van der Waals surface area contributed by atoms with E-state index in [2.05, 4.69) is 93.6 Å². The number of hydrogen-bond acceptors (Lipinski definition) is 1. The van der Waals surface area contributed by atoms with Crippen molar-refractivity contribution in [1.29, 1.82) is 0 Å². The van der Waals surface area contributed by atoms with Gasteiger partial charge in [-0.1, -0.05) is 87.4 Å². The van der Waals surface area contributed by atoms with E-state index in [9.17, 15) is 4.79 Å². The molecule has 2 aliphatic carbocycles. The highest BCUT2D eigenvalue weighted by Crippen LogP contribution is 2.39. The first-order valence-electron chi connectivity index (χ1n) is 13.0. The van der Waals surface area contributed by atoms with Crippen LogP contribution in [-0.4, -0.2) is 55.1 Å². The molecule has 1 aromatic rings. The Morgan fingerprint density at radius 1 is 1.03 bits per heavy atom. The molecule has 1 aliphatic heterocycles. The lowest BCUT2D eigenvalue weighted by atomic mass is 9.83. The number of carbonyl (C=O) groups excluding carboxylic acids is 1. The quantitative estimate of drug-likeness (QED) is 0.482. The molecule has 3 nitrogen and oxygen atoms in total. The molecule has 0 aromatic heterocycles. The SMILES string of the molecule is CC1(C)C=CC=CC(C[N+](C)(C)C2CCN(C(=O)C(c3ccccc3)C3CCCC3)CC2)=C1. The third-order valence-corrected chi connectivity index (χ3v) is 8.16. The zero-order chi connectivity index (χ0) is 23.5. The fourth-order valence-corrected chi connectivity index (χ4v) is 6.30. The smallest absolute Gasteiger partial charge is 0.230 e. The number of carbonyl (C=O) groups is 1. The third kappa shape index (κ3) is 5.87. The molecule has 1 unspecified atom stereocenters. The maximum absolute atomic E-state index is 13.8. The molecule has 4 rings (SSSR count). The van der Waals surface area contributed by atoms with Crippen LogP contribution in [0.4, 0.5) is 0 Å². The fourth-order valence-electron chi connectivity index (χ4n) is 6.30. The second-order valence-corrected chi connectivity index (χ2v) is 11.7. The largest absolute Gasteiger partial charge is 0.342 e. The van der Waals surface area contributed by atoms with Crippen molar-refractivity contribution in [2.45, 2.75) is 64.3 Å². The number of quaternary nitrogens is 1. The molecule has 3 aliphatic rings. The Balaban J connectivity index is 1.41. The zero-order valence-electron chi connectivity index (χ0n) is 21.2. The molecular weight excluding hydrogens is 404 g/mol. The van der Waals surface area contributed by atoms with Crippen LogP contribution >= 0.6 is 0 Å². The Hall–Kier alpha value is -2.13. The molecule has 1 saturated carbocycles. The van der Waals surface area contributed by atoms with E-state index in [0.717, 1.165) is 37.0 Å². The summed E-state index contributed by atoms with van der Waals surface area (Å²) >= 11 is 0. The first-order chi connectivity index (χ1) is 15.8. The van der Waals surface area contributed by atoms with Gasteiger partial charge in [-0.3, -0.25) is 4.79 Å². The van der Waals surface area contributed by atoms with E-state index >= 15 is 0 Å². The van der Waals surface area contributed by atoms with Crippen molar-refractivity contribution in [2.75, 3.05) is 33.7 Å². The molecule has 1 saturated heterocycles. The molecule has 2 fully saturated rings. The van der Waals surface area contributed by atoms with Crippen molar-refractivity contribution in [3.8, 4) is 0 Å². The first kappa shape index (κ1) is 24.0. The number of likely N-dealkylation sites (tertiary alicyclic amines) is 1. The van der Waals surface area contributed by atoms with Gasteiger partial charge in [0.05, 0.1) is 26.1 Å². The van der Waals surface area contributed by atoms with Crippen LogP contribution in [0.5, 0.6) is 0 Å². The van der Waals surface area contributed by atoms with Crippen LogP contribution < -0.4 is 0 Å². The van der Waals surface area contributed by atoms with Gasteiger partial charge in [0.2, 0.25) is 5.91 Å². The van der Waals surface area contributed by atoms with Gasteiger partial charge in [0.15, 0.2) is 0 Å². The molecule has 3 heteroatoms. The van der Waals surface area contributed by atoms with Crippen molar-refractivity contribution < 1.29 is 9.28 Å². The monoisotopic (exact) mass is 447 g/mol. The van der Waals surface area contributed by atoms with Gasteiger partial charge in [-0.05, 0) is 24.3 Å². The second-order valence-electron chi connectivity index (χ2n) is 11.7. The number of allylic oxidation sites excluding steroid dienone is 4. The van der Waals surface area contributed by atoms with E-state index in [1.54, 1.807) is 0 Å². The molecule has 1 atom stereocenters. The Kier molecular flexibility index (Phi) is 7.28. The van der Waals surface area contributed by atoms with Gasteiger partial charge in [0.1, 0.15) is 6.54 Å². The summed E-state index contributed by atoms with van der Waals surface area (Å²) in [6.07, 6.45) is 18.4. The number of likely N-dealkylation sites (N-methyl/N-ethyl adjacent to an activating group) is 1. The van der Waals surface area contributed by atoms with Gasteiger partial charge < -0.3 is 9.38 Å². The number of benzene rings is 1. The van der Waals surface area contributed by atoms with Gasteiger partial charge in [-0.15, -0.1) is 0 Å². The van der Waals surface area contributed by atoms with Gasteiger partial charge >= 0.3 is 0 Å². The summed E-state index contributed by atoms with van der Waals surface area (Å²) in [6.45, 7) is 7.36. The minimum Gasteiger partial charge on any atom is -0.342 e. The van der Waals surface area contributed by atoms with Crippen LogP contribution in [0.15, 0.2) is 66.3 Å². The van der Waals surface area contributed by atoms with E-state index in [1.807, 2.05) is 0 Å². The molecule has 1 amide bonds. The van der Waals surface area contributed by atoms with Crippen molar-refractivity contribution in [2.24, 2.45) is 11.3 Å². The summed E-state index contributed by atoms with van der Waals surface area (Å²) in [5.74, 6) is 0.929. The number of amides is 1. The van der Waals surface area contributed by atoms with Gasteiger partial charge in [0, 0.05) is 36.9 Å². The Bertz CT molecular complexity index is 894. The highest BCUT2D eigenvalue weighted by molar-refractivity contribution is 5.84. The lowest BCUT2D eigenvalue weighted by Crippen LogP contribution is -2.55. The second kappa shape index (κ2) is 10.0. The van der Waals surface area contributed by atoms with Crippen LogP contribution in [0.2, 0.25) is 0 Å². The van der Waals surface area contributed by atoms with E-state index < -0.39 is 0 Å². The average Bonchev–Trinajstić information content (AvgIpc) is 3.25. The molecule has 0 spiro atoms. The highest BCUT2D eigenvalue weighted by atomic mass is 16.2. The molecule has 0 radical (unpaired) electrons. The topological polar surface area (TPSA) is 20.3 Å². The summed E-state index contributed by atoms with van der Waals surface area (Å²) in [5, 5.41) is 0. The molecule has 1 heterocycles. The standard InChI is InChI=1S/C30H43N2O/c1-30(2)19-11-10-12-24(22-30)23-32(3,4)27-17-20-31(21-18-27)29(33)28(26-15-8-9-16-26)25-13-6-5-7-14-25/h5-7,10-14,19,22,26-28H,8-9,15-18,20-21,23H2,1-4H3/q+1. The number of nitrogens with zero attached hydrogens (tertiary/aromatic N) is 2. The Morgan fingerprint density at radius 2 is 1.70 bits per heavy atom.